The molecule has 0 unspecified atom stereocenters. The van der Waals surface area contributed by atoms with Crippen LogP contribution >= 0.6 is 0 Å². The molecule has 6 nitrogen and oxygen atoms in total. The molecule has 3 rings (SSSR count). The lowest BCUT2D eigenvalue weighted by Gasteiger charge is -2.08. The lowest BCUT2D eigenvalue weighted by atomic mass is 10.3. The van der Waals surface area contributed by atoms with E-state index in [-0.39, 0.29) is 18.1 Å². The molecule has 0 bridgehead atoms. The highest BCUT2D eigenvalue weighted by molar-refractivity contribution is 5.88. The highest BCUT2D eigenvalue weighted by Gasteiger charge is 2.16. The van der Waals surface area contributed by atoms with Crippen molar-refractivity contribution in [1.82, 2.24) is 14.6 Å². The number of esters is 1. The van der Waals surface area contributed by atoms with Gasteiger partial charge in [0.15, 0.2) is 23.0 Å². The summed E-state index contributed by atoms with van der Waals surface area (Å²) in [6.07, 6.45) is 0. The van der Waals surface area contributed by atoms with Gasteiger partial charge in [0, 0.05) is 0 Å². The maximum Gasteiger partial charge on any atom is 0.355 e. The number of hydrogen-bond acceptors (Lipinski definition) is 5. The van der Waals surface area contributed by atoms with Gasteiger partial charge in [-0.25, -0.2) is 9.18 Å². The molecular formula is C15H12FN3O3. The van der Waals surface area contributed by atoms with Crippen molar-refractivity contribution >= 4 is 11.6 Å². The summed E-state index contributed by atoms with van der Waals surface area (Å²) in [7, 11) is 1.29. The van der Waals surface area contributed by atoms with E-state index in [4.69, 9.17) is 9.47 Å². The summed E-state index contributed by atoms with van der Waals surface area (Å²) < 4.78 is 25.2. The molecule has 0 spiro atoms. The van der Waals surface area contributed by atoms with Crippen LogP contribution in [0.4, 0.5) is 4.39 Å². The number of ether oxygens (including phenoxy) is 2. The summed E-state index contributed by atoms with van der Waals surface area (Å²) in [6, 6.07) is 11.0. The van der Waals surface area contributed by atoms with Crippen molar-refractivity contribution in [2.75, 3.05) is 7.11 Å². The van der Waals surface area contributed by atoms with Crippen molar-refractivity contribution in [2.45, 2.75) is 6.61 Å². The van der Waals surface area contributed by atoms with Gasteiger partial charge in [-0.15, -0.1) is 10.2 Å². The van der Waals surface area contributed by atoms with Gasteiger partial charge < -0.3 is 9.47 Å². The largest absolute Gasteiger partial charge is 0.483 e. The molecule has 0 saturated heterocycles. The number of carbonyl (C=O) groups excluding carboxylic acids is 1. The van der Waals surface area contributed by atoms with Gasteiger partial charge in [0.2, 0.25) is 0 Å². The molecule has 0 aliphatic carbocycles. The zero-order valence-corrected chi connectivity index (χ0v) is 11.7. The number of hydrogen-bond donors (Lipinski definition) is 0. The maximum absolute atomic E-state index is 13.6. The highest BCUT2D eigenvalue weighted by atomic mass is 19.1. The Kier molecular flexibility index (Phi) is 3.69. The molecule has 3 aromatic rings. The zero-order chi connectivity index (χ0) is 15.5. The number of benzene rings is 1. The SMILES string of the molecule is COC(=O)c1cccc2nnc(COc3ccccc3F)n12. The molecule has 0 fully saturated rings. The van der Waals surface area contributed by atoms with Gasteiger partial charge in [-0.3, -0.25) is 4.40 Å². The number of halogens is 1. The normalized spacial score (nSPS) is 10.6. The second kappa shape index (κ2) is 5.80. The molecule has 0 saturated carbocycles. The van der Waals surface area contributed by atoms with Gasteiger partial charge in [-0.2, -0.15) is 0 Å². The van der Waals surface area contributed by atoms with E-state index in [9.17, 15) is 9.18 Å². The second-order valence-corrected chi connectivity index (χ2v) is 4.43. The molecule has 22 heavy (non-hydrogen) atoms. The number of aromatic nitrogens is 3. The third-order valence-corrected chi connectivity index (χ3v) is 3.08. The van der Waals surface area contributed by atoms with Crippen molar-refractivity contribution in [3.63, 3.8) is 0 Å². The van der Waals surface area contributed by atoms with Crippen LogP contribution in [0.3, 0.4) is 0 Å². The number of fused-ring (bicyclic) bond motifs is 1. The first-order valence-corrected chi connectivity index (χ1v) is 6.49. The van der Waals surface area contributed by atoms with Gasteiger partial charge in [-0.05, 0) is 24.3 Å². The van der Waals surface area contributed by atoms with Crippen molar-refractivity contribution in [3.8, 4) is 5.75 Å². The highest BCUT2D eigenvalue weighted by Crippen LogP contribution is 2.17. The molecule has 0 radical (unpaired) electrons. The van der Waals surface area contributed by atoms with Gasteiger partial charge in [0.25, 0.3) is 0 Å². The first-order chi connectivity index (χ1) is 10.7. The topological polar surface area (TPSA) is 65.7 Å². The van der Waals surface area contributed by atoms with E-state index in [0.717, 1.165) is 0 Å². The Bertz CT molecular complexity index is 832. The molecule has 112 valence electrons. The molecule has 0 atom stereocenters. The van der Waals surface area contributed by atoms with E-state index in [1.54, 1.807) is 30.3 Å². The zero-order valence-electron chi connectivity index (χ0n) is 11.7. The third kappa shape index (κ3) is 2.48. The first kappa shape index (κ1) is 14.0. The maximum atomic E-state index is 13.6. The quantitative estimate of drug-likeness (QED) is 0.691. The lowest BCUT2D eigenvalue weighted by molar-refractivity contribution is 0.0591. The minimum absolute atomic E-state index is 0.0316. The Hall–Kier alpha value is -2.96. The van der Waals surface area contributed by atoms with E-state index in [0.29, 0.717) is 11.5 Å². The van der Waals surface area contributed by atoms with Gasteiger partial charge in [-0.1, -0.05) is 18.2 Å². The van der Waals surface area contributed by atoms with Crippen molar-refractivity contribution in [1.29, 1.82) is 0 Å². The van der Waals surface area contributed by atoms with E-state index in [1.807, 2.05) is 0 Å². The Balaban J connectivity index is 1.94. The van der Waals surface area contributed by atoms with E-state index >= 15 is 0 Å². The van der Waals surface area contributed by atoms with E-state index in [2.05, 4.69) is 10.2 Å². The summed E-state index contributed by atoms with van der Waals surface area (Å²) in [4.78, 5) is 11.8. The Morgan fingerprint density at radius 1 is 1.18 bits per heavy atom. The third-order valence-electron chi connectivity index (χ3n) is 3.08. The van der Waals surface area contributed by atoms with Crippen LogP contribution in [0.15, 0.2) is 42.5 Å². The molecule has 7 heteroatoms. The molecule has 0 amide bonds. The van der Waals surface area contributed by atoms with Crippen LogP contribution in [0.5, 0.6) is 5.75 Å². The minimum Gasteiger partial charge on any atom is -0.483 e. The summed E-state index contributed by atoms with van der Waals surface area (Å²) in [6.45, 7) is -0.0316. The second-order valence-electron chi connectivity index (χ2n) is 4.43. The average molecular weight is 301 g/mol. The monoisotopic (exact) mass is 301 g/mol. The van der Waals surface area contributed by atoms with Crippen LogP contribution in [-0.2, 0) is 11.3 Å². The fourth-order valence-corrected chi connectivity index (χ4v) is 2.06. The summed E-state index contributed by atoms with van der Waals surface area (Å²) in [5.41, 5.74) is 0.757. The van der Waals surface area contributed by atoms with Crippen LogP contribution in [0.2, 0.25) is 0 Å². The number of rotatable bonds is 4. The summed E-state index contributed by atoms with van der Waals surface area (Å²) in [5, 5.41) is 7.94. The van der Waals surface area contributed by atoms with Gasteiger partial charge in [0.05, 0.1) is 7.11 Å². The van der Waals surface area contributed by atoms with Crippen LogP contribution in [0, 0.1) is 5.82 Å². The molecule has 1 aromatic carbocycles. The Labute approximate surface area is 125 Å². The smallest absolute Gasteiger partial charge is 0.355 e. The van der Waals surface area contributed by atoms with Crippen LogP contribution in [-0.4, -0.2) is 27.7 Å². The predicted molar refractivity (Wildman–Crippen MR) is 75.1 cm³/mol. The summed E-state index contributed by atoms with van der Waals surface area (Å²) in [5.74, 6) is -0.504. The molecule has 2 aromatic heterocycles. The fraction of sp³-hybridized carbons (Fsp3) is 0.133. The molecule has 0 aliphatic rings. The van der Waals surface area contributed by atoms with Gasteiger partial charge in [0.1, 0.15) is 12.3 Å². The molecule has 0 aliphatic heterocycles. The van der Waals surface area contributed by atoms with Crippen molar-refractivity contribution < 1.29 is 18.7 Å². The standard InChI is InChI=1S/C15H12FN3O3/c1-21-15(20)11-6-4-8-13-17-18-14(19(11)13)9-22-12-7-3-2-5-10(12)16/h2-8H,9H2,1H3. The number of carbonyl (C=O) groups is 1. The Morgan fingerprint density at radius 2 is 2.00 bits per heavy atom. The number of nitrogens with zero attached hydrogens (tertiary/aromatic N) is 3. The molecule has 2 heterocycles. The van der Waals surface area contributed by atoms with Crippen LogP contribution in [0.1, 0.15) is 16.3 Å². The van der Waals surface area contributed by atoms with Crippen LogP contribution < -0.4 is 4.74 Å². The number of para-hydroxylation sites is 1. The summed E-state index contributed by atoms with van der Waals surface area (Å²) >= 11 is 0. The van der Waals surface area contributed by atoms with E-state index < -0.39 is 11.8 Å². The Morgan fingerprint density at radius 3 is 2.77 bits per heavy atom. The fourth-order valence-electron chi connectivity index (χ4n) is 2.06. The molecule has 0 N–H and O–H groups in total. The predicted octanol–water partition coefficient (Wildman–Crippen LogP) is 2.23. The molecular weight excluding hydrogens is 289 g/mol. The first-order valence-electron chi connectivity index (χ1n) is 6.49. The average Bonchev–Trinajstić information content (AvgIpc) is 2.96. The van der Waals surface area contributed by atoms with Crippen molar-refractivity contribution in [2.24, 2.45) is 0 Å². The lowest BCUT2D eigenvalue weighted by Crippen LogP contribution is -2.11. The van der Waals surface area contributed by atoms with E-state index in [1.165, 1.54) is 23.6 Å². The van der Waals surface area contributed by atoms with Gasteiger partial charge >= 0.3 is 5.97 Å². The minimum atomic E-state index is -0.516. The number of pyridine rings is 1. The van der Waals surface area contributed by atoms with Crippen LogP contribution in [0.25, 0.3) is 5.65 Å². The number of methoxy groups -OCH3 is 1. The van der Waals surface area contributed by atoms with Crippen molar-refractivity contribution in [3.05, 3.63) is 59.8 Å².